The van der Waals surface area contributed by atoms with Crippen LogP contribution in [0.4, 0.5) is 13.2 Å². The number of imidazole rings is 1. The number of H-pyrrole nitrogens is 1. The highest BCUT2D eigenvalue weighted by atomic mass is 32.1. The van der Waals surface area contributed by atoms with Gasteiger partial charge in [-0.15, -0.1) is 11.3 Å². The number of amides is 1. The molecule has 0 aliphatic rings. The molecule has 32 heavy (non-hydrogen) atoms. The quantitative estimate of drug-likeness (QED) is 0.414. The molecule has 162 valence electrons. The van der Waals surface area contributed by atoms with Gasteiger partial charge in [0.2, 0.25) is 5.76 Å². The molecular weight excluding hydrogens is 447 g/mol. The Kier molecular flexibility index (Phi) is 4.62. The van der Waals surface area contributed by atoms with Crippen molar-refractivity contribution in [2.45, 2.75) is 19.1 Å². The summed E-state index contributed by atoms with van der Waals surface area (Å²) in [6.45, 7) is 1.70. The summed E-state index contributed by atoms with van der Waals surface area (Å²) in [7, 11) is 0. The number of thiazole rings is 1. The van der Waals surface area contributed by atoms with Crippen molar-refractivity contribution in [3.8, 4) is 11.6 Å². The second kappa shape index (κ2) is 7.37. The van der Waals surface area contributed by atoms with E-state index in [0.717, 1.165) is 12.1 Å². The van der Waals surface area contributed by atoms with Crippen LogP contribution >= 0.6 is 11.3 Å². The van der Waals surface area contributed by atoms with Crippen LogP contribution in [0, 0.1) is 0 Å². The van der Waals surface area contributed by atoms with E-state index in [2.05, 4.69) is 35.4 Å². The van der Waals surface area contributed by atoms with Gasteiger partial charge >= 0.3 is 6.18 Å². The zero-order valence-electron chi connectivity index (χ0n) is 16.1. The lowest BCUT2D eigenvalue weighted by molar-refractivity contribution is -0.137. The van der Waals surface area contributed by atoms with Gasteiger partial charge in [-0.3, -0.25) is 4.79 Å². The average Bonchev–Trinajstić information content (AvgIpc) is 3.50. The molecule has 0 fully saturated rings. The van der Waals surface area contributed by atoms with E-state index in [9.17, 15) is 18.0 Å². The summed E-state index contributed by atoms with van der Waals surface area (Å²) >= 11 is 1.30. The van der Waals surface area contributed by atoms with Crippen molar-refractivity contribution in [2.24, 2.45) is 0 Å². The zero-order chi connectivity index (χ0) is 22.5. The van der Waals surface area contributed by atoms with E-state index in [1.165, 1.54) is 23.7 Å². The van der Waals surface area contributed by atoms with Crippen LogP contribution in [0.1, 0.15) is 34.7 Å². The third kappa shape index (κ3) is 3.56. The minimum Gasteiger partial charge on any atom is -0.353 e. The molecule has 0 saturated carbocycles. The Morgan fingerprint density at radius 1 is 1.22 bits per heavy atom. The van der Waals surface area contributed by atoms with Gasteiger partial charge < -0.3 is 14.8 Å². The Morgan fingerprint density at radius 3 is 2.88 bits per heavy atom. The fraction of sp³-hybridized carbons (Fsp3) is 0.158. The lowest BCUT2D eigenvalue weighted by atomic mass is 10.2. The number of rotatable bonds is 4. The molecule has 0 aliphatic heterocycles. The van der Waals surface area contributed by atoms with Crippen molar-refractivity contribution in [1.29, 1.82) is 0 Å². The van der Waals surface area contributed by atoms with Gasteiger partial charge in [0, 0.05) is 6.07 Å². The number of hydrogen-bond donors (Lipinski definition) is 2. The molecule has 5 aromatic rings. The molecule has 2 N–H and O–H groups in total. The van der Waals surface area contributed by atoms with Crippen LogP contribution in [0.3, 0.4) is 0 Å². The van der Waals surface area contributed by atoms with E-state index in [0.29, 0.717) is 21.6 Å². The maximum atomic E-state index is 12.9. The lowest BCUT2D eigenvalue weighted by Crippen LogP contribution is -2.28. The number of carbonyl (C=O) groups is 1. The number of nitrogens with one attached hydrogen (secondary N) is 2. The van der Waals surface area contributed by atoms with E-state index in [1.807, 2.05) is 0 Å². The molecule has 0 saturated heterocycles. The number of alkyl halides is 3. The molecule has 4 heterocycles. The summed E-state index contributed by atoms with van der Waals surface area (Å²) in [5.74, 6) is -0.0184. The molecule has 5 rings (SSSR count). The molecule has 13 heteroatoms. The molecule has 1 amide bonds. The van der Waals surface area contributed by atoms with Crippen molar-refractivity contribution in [2.75, 3.05) is 0 Å². The molecule has 9 nitrogen and oxygen atoms in total. The molecule has 4 aromatic heterocycles. The standard InChI is InChI=1S/C19H12F3N7O2S/c1-8(26-17(30)14-15-18(24-6-23-14)32-7-25-15)11-5-13(31-29-11)16-27-10-3-2-9(19(20,21)22)4-12(10)28-16/h2-8H,1H3,(H,26,30)(H,27,28)/t8-/m0/s1. The molecule has 0 aliphatic carbocycles. The first-order chi connectivity index (χ1) is 15.3. The first-order valence-electron chi connectivity index (χ1n) is 9.18. The van der Waals surface area contributed by atoms with E-state index in [1.54, 1.807) is 18.5 Å². The Hall–Kier alpha value is -3.87. The second-order valence-corrected chi connectivity index (χ2v) is 7.69. The van der Waals surface area contributed by atoms with Crippen molar-refractivity contribution in [1.82, 2.24) is 35.4 Å². The number of carbonyl (C=O) groups excluding carboxylic acids is 1. The third-order valence-corrected chi connectivity index (χ3v) is 5.44. The highest BCUT2D eigenvalue weighted by molar-refractivity contribution is 7.16. The highest BCUT2D eigenvalue weighted by Gasteiger charge is 2.31. The molecule has 0 bridgehead atoms. The molecule has 1 aromatic carbocycles. The fourth-order valence-corrected chi connectivity index (χ4v) is 3.73. The summed E-state index contributed by atoms with van der Waals surface area (Å²) < 4.78 is 44.1. The predicted octanol–water partition coefficient (Wildman–Crippen LogP) is 4.13. The Balaban J connectivity index is 1.37. The van der Waals surface area contributed by atoms with Crippen molar-refractivity contribution >= 4 is 38.6 Å². The number of hydrogen-bond acceptors (Lipinski definition) is 8. The normalized spacial score (nSPS) is 13.0. The topological polar surface area (TPSA) is 122 Å². The van der Waals surface area contributed by atoms with Gasteiger partial charge in [-0.1, -0.05) is 5.16 Å². The maximum absolute atomic E-state index is 12.9. The van der Waals surface area contributed by atoms with Gasteiger partial charge in [0.05, 0.1) is 28.1 Å². The van der Waals surface area contributed by atoms with E-state index in [4.69, 9.17) is 4.52 Å². The number of benzene rings is 1. The zero-order valence-corrected chi connectivity index (χ0v) is 17.0. The minimum atomic E-state index is -4.46. The summed E-state index contributed by atoms with van der Waals surface area (Å²) in [6, 6.07) is 4.21. The first-order valence-corrected chi connectivity index (χ1v) is 10.1. The summed E-state index contributed by atoms with van der Waals surface area (Å²) in [5, 5.41) is 6.71. The van der Waals surface area contributed by atoms with E-state index >= 15 is 0 Å². The van der Waals surface area contributed by atoms with Crippen LogP contribution in [-0.4, -0.2) is 36.0 Å². The fourth-order valence-electron chi connectivity index (χ4n) is 3.11. The summed E-state index contributed by atoms with van der Waals surface area (Å²) in [5.41, 5.74) is 2.30. The molecule has 0 unspecified atom stereocenters. The highest BCUT2D eigenvalue weighted by Crippen LogP contribution is 2.32. The van der Waals surface area contributed by atoms with Crippen LogP contribution in [0.5, 0.6) is 0 Å². The van der Waals surface area contributed by atoms with Crippen molar-refractivity contribution in [3.63, 3.8) is 0 Å². The smallest absolute Gasteiger partial charge is 0.353 e. The SMILES string of the molecule is C[C@H](NC(=O)c1ncnc2scnc12)c1cc(-c2nc3ccc(C(F)(F)F)cc3[nH]2)on1. The van der Waals surface area contributed by atoms with Crippen molar-refractivity contribution < 1.29 is 22.5 Å². The van der Waals surface area contributed by atoms with Gasteiger partial charge in [0.1, 0.15) is 22.4 Å². The Labute approximate surface area is 180 Å². The number of aromatic nitrogens is 6. The van der Waals surface area contributed by atoms with Crippen LogP contribution in [-0.2, 0) is 6.18 Å². The van der Waals surface area contributed by atoms with Crippen LogP contribution in [0.15, 0.2) is 40.6 Å². The van der Waals surface area contributed by atoms with Crippen molar-refractivity contribution in [3.05, 3.63) is 53.1 Å². The average molecular weight is 459 g/mol. The van der Waals surface area contributed by atoms with Gasteiger partial charge in [0.25, 0.3) is 5.91 Å². The summed E-state index contributed by atoms with van der Waals surface area (Å²) in [6.07, 6.45) is -3.17. The largest absolute Gasteiger partial charge is 0.416 e. The van der Waals surface area contributed by atoms with E-state index < -0.39 is 23.7 Å². The number of nitrogens with zero attached hydrogens (tertiary/aromatic N) is 5. The van der Waals surface area contributed by atoms with Gasteiger partial charge in [0.15, 0.2) is 11.5 Å². The van der Waals surface area contributed by atoms with Crippen LogP contribution in [0.25, 0.3) is 33.0 Å². The van der Waals surface area contributed by atoms with Gasteiger partial charge in [-0.05, 0) is 25.1 Å². The van der Waals surface area contributed by atoms with Gasteiger partial charge in [-0.2, -0.15) is 13.2 Å². The number of fused-ring (bicyclic) bond motifs is 2. The number of aromatic amines is 1. The van der Waals surface area contributed by atoms with E-state index in [-0.39, 0.29) is 22.8 Å². The van der Waals surface area contributed by atoms with Crippen LogP contribution < -0.4 is 5.32 Å². The van der Waals surface area contributed by atoms with Crippen LogP contribution in [0.2, 0.25) is 0 Å². The molecular formula is C19H12F3N7O2S. The summed E-state index contributed by atoms with van der Waals surface area (Å²) in [4.78, 5) is 32.5. The number of halogens is 3. The first kappa shape index (κ1) is 20.1. The van der Waals surface area contributed by atoms with Gasteiger partial charge in [-0.25, -0.2) is 19.9 Å². The Morgan fingerprint density at radius 2 is 2.06 bits per heavy atom. The Bertz CT molecular complexity index is 1460. The third-order valence-electron chi connectivity index (χ3n) is 4.71. The maximum Gasteiger partial charge on any atom is 0.416 e. The molecule has 0 spiro atoms. The second-order valence-electron chi connectivity index (χ2n) is 6.85. The monoisotopic (exact) mass is 459 g/mol. The lowest BCUT2D eigenvalue weighted by Gasteiger charge is -2.10. The molecule has 0 radical (unpaired) electrons. The minimum absolute atomic E-state index is 0.143. The molecule has 1 atom stereocenters. The predicted molar refractivity (Wildman–Crippen MR) is 108 cm³/mol.